The van der Waals surface area contributed by atoms with E-state index >= 15 is 0 Å². The predicted molar refractivity (Wildman–Crippen MR) is 70.1 cm³/mol. The van der Waals surface area contributed by atoms with Crippen LogP contribution in [0.4, 0.5) is 0 Å². The molecule has 0 aromatic heterocycles. The SMILES string of the molecule is [2H]C1CCC(N2Cc3cc(CN)ccc3C2=O)C([2H])N1. The maximum absolute atomic E-state index is 12.5. The van der Waals surface area contributed by atoms with Crippen LogP contribution in [0.2, 0.25) is 0 Å². The molecule has 1 fully saturated rings. The molecule has 1 aromatic carbocycles. The lowest BCUT2D eigenvalue weighted by molar-refractivity contribution is 0.0674. The molecule has 18 heavy (non-hydrogen) atoms. The molecule has 3 unspecified atom stereocenters. The minimum Gasteiger partial charge on any atom is -0.330 e. The Morgan fingerprint density at radius 3 is 3.22 bits per heavy atom. The van der Waals surface area contributed by atoms with Crippen molar-refractivity contribution >= 4 is 5.91 Å². The lowest BCUT2D eigenvalue weighted by atomic mass is 10.1. The number of hydrogen-bond acceptors (Lipinski definition) is 3. The van der Waals surface area contributed by atoms with E-state index in [1.54, 1.807) is 4.90 Å². The van der Waals surface area contributed by atoms with Crippen molar-refractivity contribution in [1.29, 1.82) is 0 Å². The van der Waals surface area contributed by atoms with Crippen LogP contribution >= 0.6 is 0 Å². The number of carbonyl (C=O) groups is 1. The quantitative estimate of drug-likeness (QED) is 0.814. The Balaban J connectivity index is 1.82. The third-order valence-electron chi connectivity index (χ3n) is 3.65. The van der Waals surface area contributed by atoms with Gasteiger partial charge in [0.25, 0.3) is 5.91 Å². The molecule has 2 aliphatic heterocycles. The van der Waals surface area contributed by atoms with Gasteiger partial charge >= 0.3 is 0 Å². The Hall–Kier alpha value is -1.39. The summed E-state index contributed by atoms with van der Waals surface area (Å²) < 4.78 is 15.7. The van der Waals surface area contributed by atoms with Crippen LogP contribution in [0.15, 0.2) is 18.2 Å². The average molecular weight is 247 g/mol. The van der Waals surface area contributed by atoms with Crippen molar-refractivity contribution in [2.75, 3.05) is 13.0 Å². The molecule has 1 aromatic rings. The largest absolute Gasteiger partial charge is 0.330 e. The number of nitrogens with two attached hydrogens (primary N) is 1. The first kappa shape index (κ1) is 9.53. The van der Waals surface area contributed by atoms with Crippen LogP contribution in [0.1, 0.15) is 37.1 Å². The Morgan fingerprint density at radius 1 is 1.56 bits per heavy atom. The Morgan fingerprint density at radius 2 is 2.44 bits per heavy atom. The first-order chi connectivity index (χ1) is 9.60. The zero-order chi connectivity index (χ0) is 14.3. The molecule has 1 amide bonds. The maximum Gasteiger partial charge on any atom is 0.254 e. The van der Waals surface area contributed by atoms with E-state index in [0.29, 0.717) is 25.9 Å². The summed E-state index contributed by atoms with van der Waals surface area (Å²) in [6.45, 7) is 0.0386. The molecule has 4 heteroatoms. The zero-order valence-electron chi connectivity index (χ0n) is 12.2. The standard InChI is InChI=1S/C14H19N3O/c15-7-10-3-4-13-11(6-10)9-17(14(13)18)12-2-1-5-16-8-12/h3-4,6,12,16H,1-2,5,7-9,15H2/i5D,8D. The summed E-state index contributed by atoms with van der Waals surface area (Å²) in [6, 6.07) is 5.55. The van der Waals surface area contributed by atoms with E-state index < -0.39 is 13.0 Å². The second-order valence-corrected chi connectivity index (χ2v) is 4.81. The molecule has 3 N–H and O–H groups in total. The highest BCUT2D eigenvalue weighted by Crippen LogP contribution is 2.27. The fraction of sp³-hybridized carbons (Fsp3) is 0.500. The first-order valence-corrected chi connectivity index (χ1v) is 6.33. The van der Waals surface area contributed by atoms with Crippen molar-refractivity contribution in [2.45, 2.75) is 32.0 Å². The Labute approximate surface area is 110 Å². The fourth-order valence-corrected chi connectivity index (χ4v) is 2.64. The predicted octanol–water partition coefficient (Wildman–Crippen LogP) is 0.853. The van der Waals surface area contributed by atoms with Gasteiger partial charge in [-0.05, 0) is 36.6 Å². The number of amides is 1. The lowest BCUT2D eigenvalue weighted by Crippen LogP contribution is -2.46. The molecule has 1 saturated heterocycles. The molecular weight excluding hydrogens is 226 g/mol. The van der Waals surface area contributed by atoms with E-state index in [1.165, 1.54) is 0 Å². The summed E-state index contributed by atoms with van der Waals surface area (Å²) in [5, 5.41) is 2.90. The van der Waals surface area contributed by atoms with Gasteiger partial charge in [0.1, 0.15) is 0 Å². The summed E-state index contributed by atoms with van der Waals surface area (Å²) in [6.07, 6.45) is 1.38. The second kappa shape index (κ2) is 4.71. The number of benzene rings is 1. The van der Waals surface area contributed by atoms with Crippen LogP contribution < -0.4 is 11.1 Å². The third-order valence-corrected chi connectivity index (χ3v) is 3.65. The van der Waals surface area contributed by atoms with Crippen molar-refractivity contribution in [3.8, 4) is 0 Å². The topological polar surface area (TPSA) is 58.4 Å². The van der Waals surface area contributed by atoms with Crippen LogP contribution in [0.25, 0.3) is 0 Å². The molecule has 4 nitrogen and oxygen atoms in total. The highest BCUT2D eigenvalue weighted by Gasteiger charge is 2.33. The molecule has 3 rings (SSSR count). The minimum absolute atomic E-state index is 0.00366. The van der Waals surface area contributed by atoms with Crippen LogP contribution in [0, 0.1) is 0 Å². The van der Waals surface area contributed by atoms with E-state index in [0.717, 1.165) is 16.7 Å². The fourth-order valence-electron chi connectivity index (χ4n) is 2.64. The molecule has 96 valence electrons. The lowest BCUT2D eigenvalue weighted by Gasteiger charge is -2.31. The molecule has 2 aliphatic rings. The zero-order valence-corrected chi connectivity index (χ0v) is 10.2. The molecule has 0 saturated carbocycles. The summed E-state index contributed by atoms with van der Waals surface area (Å²) >= 11 is 0. The van der Waals surface area contributed by atoms with Gasteiger partial charge in [0.15, 0.2) is 0 Å². The summed E-state index contributed by atoms with van der Waals surface area (Å²) in [4.78, 5) is 14.2. The van der Waals surface area contributed by atoms with E-state index in [1.807, 2.05) is 18.2 Å². The molecule has 0 aliphatic carbocycles. The van der Waals surface area contributed by atoms with Crippen LogP contribution in [0.3, 0.4) is 0 Å². The van der Waals surface area contributed by atoms with Gasteiger partial charge in [-0.1, -0.05) is 12.1 Å². The molecule has 2 heterocycles. The third kappa shape index (κ3) is 1.91. The molecule has 3 atom stereocenters. The van der Waals surface area contributed by atoms with Crippen molar-refractivity contribution in [3.63, 3.8) is 0 Å². The van der Waals surface area contributed by atoms with Gasteiger partial charge in [0.05, 0.1) is 0 Å². The Kier molecular flexibility index (Phi) is 2.49. The molecular formula is C14H19N3O. The number of hydrogen-bond donors (Lipinski definition) is 2. The van der Waals surface area contributed by atoms with Gasteiger partial charge in [-0.2, -0.15) is 0 Å². The number of nitrogens with zero attached hydrogens (tertiary/aromatic N) is 1. The molecule has 0 spiro atoms. The monoisotopic (exact) mass is 247 g/mol. The van der Waals surface area contributed by atoms with Crippen LogP contribution in [0.5, 0.6) is 0 Å². The Bertz CT molecular complexity index is 537. The van der Waals surface area contributed by atoms with Crippen LogP contribution in [-0.2, 0) is 13.1 Å². The molecule has 0 radical (unpaired) electrons. The normalized spacial score (nSPS) is 33.1. The van der Waals surface area contributed by atoms with E-state index in [9.17, 15) is 4.79 Å². The van der Waals surface area contributed by atoms with E-state index in [4.69, 9.17) is 8.48 Å². The van der Waals surface area contributed by atoms with Gasteiger partial charge in [0.2, 0.25) is 0 Å². The van der Waals surface area contributed by atoms with Crippen molar-refractivity contribution in [1.82, 2.24) is 10.2 Å². The second-order valence-electron chi connectivity index (χ2n) is 4.81. The van der Waals surface area contributed by atoms with E-state index in [2.05, 4.69) is 5.32 Å². The smallest absolute Gasteiger partial charge is 0.254 e. The van der Waals surface area contributed by atoms with Crippen molar-refractivity contribution in [2.24, 2.45) is 5.73 Å². The van der Waals surface area contributed by atoms with Gasteiger partial charge in [0, 0.05) is 34.0 Å². The highest BCUT2D eigenvalue weighted by atomic mass is 16.2. The molecule has 0 bridgehead atoms. The summed E-state index contributed by atoms with van der Waals surface area (Å²) in [5.41, 5.74) is 8.38. The van der Waals surface area contributed by atoms with Crippen molar-refractivity contribution < 1.29 is 7.54 Å². The number of carbonyl (C=O) groups excluding carboxylic acids is 1. The van der Waals surface area contributed by atoms with Crippen LogP contribution in [-0.4, -0.2) is 29.9 Å². The van der Waals surface area contributed by atoms with Gasteiger partial charge in [-0.25, -0.2) is 0 Å². The number of fused-ring (bicyclic) bond motifs is 1. The van der Waals surface area contributed by atoms with Gasteiger partial charge < -0.3 is 16.0 Å². The van der Waals surface area contributed by atoms with E-state index in [-0.39, 0.29) is 11.9 Å². The van der Waals surface area contributed by atoms with Gasteiger partial charge in [-0.3, -0.25) is 4.79 Å². The number of nitrogens with one attached hydrogen (secondary N) is 1. The number of piperidine rings is 1. The van der Waals surface area contributed by atoms with Crippen molar-refractivity contribution in [3.05, 3.63) is 34.9 Å². The maximum atomic E-state index is 12.5. The van der Waals surface area contributed by atoms with Gasteiger partial charge in [-0.15, -0.1) is 0 Å². The first-order valence-electron chi connectivity index (χ1n) is 7.49. The highest BCUT2D eigenvalue weighted by molar-refractivity contribution is 5.98. The minimum atomic E-state index is -0.585. The summed E-state index contributed by atoms with van der Waals surface area (Å²) in [5.74, 6) is -0.00366. The number of rotatable bonds is 2. The summed E-state index contributed by atoms with van der Waals surface area (Å²) in [7, 11) is 0. The average Bonchev–Trinajstić information content (AvgIpc) is 2.75.